The molecular weight excluding hydrogens is 374 g/mol. The standard InChI is InChI=1S/C25H39N3O2/c1-7-9-23(18(4)17(2)3)28-14-12-20(13-15-28)24(30-6)16-27-22-11-8-10-21(22)25(26)19(5)29/h7,9,20,24H,1,8,10-16,26H2,2-6H3/b23-9+,25-21-,27-22?. The second-order valence-electron chi connectivity index (χ2n) is 8.60. The fourth-order valence-electron chi connectivity index (χ4n) is 4.37. The first-order chi connectivity index (χ1) is 14.3. The lowest BCUT2D eigenvalue weighted by Crippen LogP contribution is -2.39. The molecule has 166 valence electrons. The fraction of sp³-hybridized carbons (Fsp3) is 0.600. The highest BCUT2D eigenvalue weighted by Gasteiger charge is 2.28. The molecule has 0 amide bonds. The third-order valence-corrected chi connectivity index (χ3v) is 6.47. The summed E-state index contributed by atoms with van der Waals surface area (Å²) >= 11 is 0. The van der Waals surface area contributed by atoms with E-state index in [1.807, 2.05) is 6.08 Å². The third-order valence-electron chi connectivity index (χ3n) is 6.47. The van der Waals surface area contributed by atoms with Gasteiger partial charge in [-0.05, 0) is 76.0 Å². The van der Waals surface area contributed by atoms with Crippen molar-refractivity contribution in [2.45, 2.75) is 65.9 Å². The van der Waals surface area contributed by atoms with Crippen LogP contribution in [0.25, 0.3) is 0 Å². The number of rotatable bonds is 8. The lowest BCUT2D eigenvalue weighted by Gasteiger charge is -2.38. The van der Waals surface area contributed by atoms with Crippen LogP contribution in [0.1, 0.15) is 59.8 Å². The minimum absolute atomic E-state index is 0.0645. The Bertz CT molecular complexity index is 761. The van der Waals surface area contributed by atoms with Crippen molar-refractivity contribution < 1.29 is 9.53 Å². The van der Waals surface area contributed by atoms with Crippen molar-refractivity contribution in [2.75, 3.05) is 26.7 Å². The first kappa shape index (κ1) is 24.1. The molecule has 1 atom stereocenters. The van der Waals surface area contributed by atoms with E-state index in [9.17, 15) is 4.79 Å². The Hall–Kier alpha value is -2.14. The number of nitrogens with zero attached hydrogens (tertiary/aromatic N) is 2. The summed E-state index contributed by atoms with van der Waals surface area (Å²) in [6, 6.07) is 0. The predicted molar refractivity (Wildman–Crippen MR) is 125 cm³/mol. The van der Waals surface area contributed by atoms with E-state index in [1.165, 1.54) is 23.8 Å². The molecule has 2 aliphatic rings. The molecular formula is C25H39N3O2. The number of carbonyl (C=O) groups excluding carboxylic acids is 1. The van der Waals surface area contributed by atoms with Gasteiger partial charge in [-0.1, -0.05) is 18.2 Å². The lowest BCUT2D eigenvalue weighted by molar-refractivity contribution is -0.113. The molecule has 0 aromatic heterocycles. The van der Waals surface area contributed by atoms with E-state index in [1.54, 1.807) is 7.11 Å². The Morgan fingerprint density at radius 2 is 1.93 bits per heavy atom. The SMILES string of the molecule is C=C/C=C(\C(C)=C(C)C)N1CCC(C(CN=C2CCC/C2=C(/N)C(C)=O)OC)CC1. The van der Waals surface area contributed by atoms with Gasteiger partial charge >= 0.3 is 0 Å². The summed E-state index contributed by atoms with van der Waals surface area (Å²) in [4.78, 5) is 19.0. The maximum Gasteiger partial charge on any atom is 0.175 e. The average Bonchev–Trinajstić information content (AvgIpc) is 3.20. The number of methoxy groups -OCH3 is 1. The van der Waals surface area contributed by atoms with E-state index in [-0.39, 0.29) is 11.9 Å². The van der Waals surface area contributed by atoms with E-state index < -0.39 is 0 Å². The Morgan fingerprint density at radius 3 is 2.47 bits per heavy atom. The molecule has 30 heavy (non-hydrogen) atoms. The smallest absolute Gasteiger partial charge is 0.175 e. The molecule has 0 spiro atoms. The number of carbonyl (C=O) groups is 1. The minimum Gasteiger partial charge on any atom is -0.396 e. The van der Waals surface area contributed by atoms with Gasteiger partial charge in [-0.3, -0.25) is 9.79 Å². The molecule has 5 heteroatoms. The van der Waals surface area contributed by atoms with Gasteiger partial charge in [0, 0.05) is 38.5 Å². The van der Waals surface area contributed by atoms with Gasteiger partial charge in [0.2, 0.25) is 0 Å². The van der Waals surface area contributed by atoms with Crippen molar-refractivity contribution in [3.63, 3.8) is 0 Å². The maximum absolute atomic E-state index is 11.7. The van der Waals surface area contributed by atoms with Crippen LogP contribution in [0.15, 0.2) is 51.8 Å². The largest absolute Gasteiger partial charge is 0.396 e. The molecule has 1 unspecified atom stereocenters. The van der Waals surface area contributed by atoms with Gasteiger partial charge in [-0.15, -0.1) is 0 Å². The number of aliphatic imine (C=N–C) groups is 1. The van der Waals surface area contributed by atoms with E-state index in [0.717, 1.165) is 56.5 Å². The number of piperidine rings is 1. The quantitative estimate of drug-likeness (QED) is 0.468. The van der Waals surface area contributed by atoms with Crippen LogP contribution in [-0.2, 0) is 9.53 Å². The molecule has 1 aliphatic heterocycles. The summed E-state index contributed by atoms with van der Waals surface area (Å²) < 4.78 is 5.84. The van der Waals surface area contributed by atoms with Gasteiger partial charge in [0.25, 0.3) is 0 Å². The highest BCUT2D eigenvalue weighted by atomic mass is 16.5. The van der Waals surface area contributed by atoms with Crippen molar-refractivity contribution in [1.29, 1.82) is 0 Å². The topological polar surface area (TPSA) is 67.9 Å². The Balaban J connectivity index is 2.04. The zero-order chi connectivity index (χ0) is 22.3. The third kappa shape index (κ3) is 5.94. The minimum atomic E-state index is -0.0645. The van der Waals surface area contributed by atoms with Gasteiger partial charge in [-0.2, -0.15) is 0 Å². The molecule has 1 aliphatic carbocycles. The Labute approximate surface area is 182 Å². The fourth-order valence-corrected chi connectivity index (χ4v) is 4.37. The Morgan fingerprint density at radius 1 is 1.27 bits per heavy atom. The van der Waals surface area contributed by atoms with Crippen molar-refractivity contribution >= 4 is 11.5 Å². The van der Waals surface area contributed by atoms with Crippen LogP contribution in [0.2, 0.25) is 0 Å². The number of hydrogen-bond donors (Lipinski definition) is 1. The summed E-state index contributed by atoms with van der Waals surface area (Å²) in [6.07, 6.45) is 9.00. The molecule has 1 heterocycles. The summed E-state index contributed by atoms with van der Waals surface area (Å²) in [7, 11) is 1.78. The van der Waals surface area contributed by atoms with Crippen molar-refractivity contribution in [2.24, 2.45) is 16.6 Å². The number of allylic oxidation sites excluding steroid dienone is 6. The van der Waals surface area contributed by atoms with E-state index in [0.29, 0.717) is 18.2 Å². The molecule has 2 rings (SSSR count). The average molecular weight is 414 g/mol. The highest BCUT2D eigenvalue weighted by Crippen LogP contribution is 2.29. The van der Waals surface area contributed by atoms with Crippen LogP contribution in [0.5, 0.6) is 0 Å². The monoisotopic (exact) mass is 413 g/mol. The number of hydrogen-bond acceptors (Lipinski definition) is 5. The van der Waals surface area contributed by atoms with Gasteiger partial charge in [0.05, 0.1) is 18.3 Å². The van der Waals surface area contributed by atoms with Crippen molar-refractivity contribution in [3.8, 4) is 0 Å². The molecule has 1 saturated carbocycles. The van der Waals surface area contributed by atoms with Crippen LogP contribution in [0.4, 0.5) is 0 Å². The highest BCUT2D eigenvalue weighted by molar-refractivity contribution is 6.08. The maximum atomic E-state index is 11.7. The molecule has 0 aromatic rings. The van der Waals surface area contributed by atoms with E-state index in [2.05, 4.69) is 38.3 Å². The molecule has 0 bridgehead atoms. The van der Waals surface area contributed by atoms with Crippen LogP contribution in [0, 0.1) is 5.92 Å². The zero-order valence-corrected chi connectivity index (χ0v) is 19.5. The van der Waals surface area contributed by atoms with Gasteiger partial charge in [0.1, 0.15) is 0 Å². The number of likely N-dealkylation sites (tertiary alicyclic amines) is 1. The number of Topliss-reactive ketones (excluding diaryl/α,β-unsaturated/α-hetero) is 1. The van der Waals surface area contributed by atoms with Crippen LogP contribution < -0.4 is 5.73 Å². The molecule has 5 nitrogen and oxygen atoms in total. The van der Waals surface area contributed by atoms with E-state index in [4.69, 9.17) is 15.5 Å². The normalized spacial score (nSPS) is 22.2. The molecule has 0 radical (unpaired) electrons. The van der Waals surface area contributed by atoms with E-state index >= 15 is 0 Å². The second-order valence-corrected chi connectivity index (χ2v) is 8.60. The zero-order valence-electron chi connectivity index (χ0n) is 19.5. The van der Waals surface area contributed by atoms with Crippen molar-refractivity contribution in [3.05, 3.63) is 46.8 Å². The number of nitrogens with two attached hydrogens (primary N) is 1. The predicted octanol–water partition coefficient (Wildman–Crippen LogP) is 4.57. The van der Waals surface area contributed by atoms with Gasteiger partial charge in [-0.25, -0.2) is 0 Å². The molecule has 0 aromatic carbocycles. The number of ether oxygens (including phenoxy) is 1. The molecule has 2 N–H and O–H groups in total. The van der Waals surface area contributed by atoms with Crippen LogP contribution >= 0.6 is 0 Å². The van der Waals surface area contributed by atoms with Gasteiger partial charge in [0.15, 0.2) is 5.78 Å². The van der Waals surface area contributed by atoms with Gasteiger partial charge < -0.3 is 15.4 Å². The Kier molecular flexibility index (Phi) is 9.09. The van der Waals surface area contributed by atoms with Crippen LogP contribution in [-0.4, -0.2) is 49.2 Å². The lowest BCUT2D eigenvalue weighted by atomic mass is 9.90. The summed E-state index contributed by atoms with van der Waals surface area (Å²) in [5, 5.41) is 0. The van der Waals surface area contributed by atoms with Crippen LogP contribution in [0.3, 0.4) is 0 Å². The number of ketones is 1. The first-order valence-corrected chi connectivity index (χ1v) is 11.1. The molecule has 2 fully saturated rings. The summed E-state index contributed by atoms with van der Waals surface area (Å²) in [5.74, 6) is 0.414. The summed E-state index contributed by atoms with van der Waals surface area (Å²) in [6.45, 7) is 14.6. The van der Waals surface area contributed by atoms with Crippen molar-refractivity contribution in [1.82, 2.24) is 4.90 Å². The second kappa shape index (κ2) is 11.3. The summed E-state index contributed by atoms with van der Waals surface area (Å²) in [5.41, 5.74) is 12.3. The molecule has 1 saturated heterocycles. The first-order valence-electron chi connectivity index (χ1n) is 11.1.